The number of pyridine rings is 1. The molecule has 120 valence electrons. The zero-order chi connectivity index (χ0) is 16.8. The summed E-state index contributed by atoms with van der Waals surface area (Å²) in [6, 6.07) is 7.85. The van der Waals surface area contributed by atoms with E-state index in [4.69, 9.17) is 16.9 Å². The van der Waals surface area contributed by atoms with Gasteiger partial charge in [0, 0.05) is 12.2 Å². The van der Waals surface area contributed by atoms with Crippen LogP contribution in [0.2, 0.25) is 0 Å². The maximum atomic E-state index is 6.23. The minimum atomic E-state index is 0.423. The van der Waals surface area contributed by atoms with E-state index < -0.39 is 0 Å². The molecule has 0 radical (unpaired) electrons. The number of benzene rings is 1. The molecule has 23 heavy (non-hydrogen) atoms. The molecule has 5 heteroatoms. The molecule has 0 fully saturated rings. The van der Waals surface area contributed by atoms with Crippen molar-refractivity contribution in [1.82, 2.24) is 4.98 Å². The summed E-state index contributed by atoms with van der Waals surface area (Å²) in [7, 11) is 1.65. The van der Waals surface area contributed by atoms with Crippen LogP contribution in [0.3, 0.4) is 0 Å². The summed E-state index contributed by atoms with van der Waals surface area (Å²) in [5, 5.41) is 6.45. The molecule has 1 heterocycles. The number of anilines is 3. The van der Waals surface area contributed by atoms with Crippen LogP contribution in [0.5, 0.6) is 5.75 Å². The van der Waals surface area contributed by atoms with Crippen LogP contribution in [0.25, 0.3) is 0 Å². The highest BCUT2D eigenvalue weighted by molar-refractivity contribution is 5.81. The molecule has 0 aliphatic heterocycles. The van der Waals surface area contributed by atoms with Crippen LogP contribution in [-0.4, -0.2) is 18.6 Å². The quantitative estimate of drug-likeness (QED) is 0.716. The number of nitrogens with one attached hydrogen (secondary N) is 2. The maximum absolute atomic E-state index is 6.23. The molecule has 4 N–H and O–H groups in total. The smallest absolute Gasteiger partial charge is 0.151 e. The third-order valence-corrected chi connectivity index (χ3v) is 3.71. The molecule has 2 rings (SSSR count). The van der Waals surface area contributed by atoms with Gasteiger partial charge in [0.15, 0.2) is 5.82 Å². The molecular weight excluding hydrogens is 288 g/mol. The fourth-order valence-corrected chi connectivity index (χ4v) is 2.24. The molecule has 5 nitrogen and oxygen atoms in total. The van der Waals surface area contributed by atoms with E-state index in [0.29, 0.717) is 24.6 Å². The minimum Gasteiger partial charge on any atom is -0.497 e. The molecule has 0 spiro atoms. The molecule has 0 aliphatic rings. The second kappa shape index (κ2) is 7.41. The predicted octanol–water partition coefficient (Wildman–Crippen LogP) is 2.95. The second-order valence-corrected chi connectivity index (χ2v) is 5.22. The third kappa shape index (κ3) is 3.86. The van der Waals surface area contributed by atoms with Gasteiger partial charge in [0.05, 0.1) is 25.0 Å². The molecule has 1 aromatic heterocycles. The maximum Gasteiger partial charge on any atom is 0.151 e. The molecule has 0 unspecified atom stereocenters. The topological polar surface area (TPSA) is 72.2 Å². The number of aryl methyl sites for hydroxylation is 1. The highest BCUT2D eigenvalue weighted by Gasteiger charge is 2.12. The first kappa shape index (κ1) is 16.5. The molecule has 0 amide bonds. The Morgan fingerprint density at radius 1 is 1.22 bits per heavy atom. The second-order valence-electron chi connectivity index (χ2n) is 5.22. The number of hydrogen-bond acceptors (Lipinski definition) is 5. The average molecular weight is 310 g/mol. The van der Waals surface area contributed by atoms with Crippen LogP contribution in [-0.2, 0) is 6.54 Å². The van der Waals surface area contributed by atoms with E-state index in [9.17, 15) is 0 Å². The summed E-state index contributed by atoms with van der Waals surface area (Å²) >= 11 is 0. The Bertz CT molecular complexity index is 717. The normalized spacial score (nSPS) is 10.0. The van der Waals surface area contributed by atoms with E-state index >= 15 is 0 Å². The summed E-state index contributed by atoms with van der Waals surface area (Å²) in [5.41, 5.74) is 10.7. The fraction of sp³-hybridized carbons (Fsp3) is 0.278. The van der Waals surface area contributed by atoms with Crippen LogP contribution in [0, 0.1) is 26.2 Å². The third-order valence-electron chi connectivity index (χ3n) is 3.71. The van der Waals surface area contributed by atoms with Crippen molar-refractivity contribution in [3.05, 3.63) is 41.1 Å². The highest BCUT2D eigenvalue weighted by Crippen LogP contribution is 2.31. The lowest BCUT2D eigenvalue weighted by Gasteiger charge is -2.17. The number of terminal acetylenes is 1. The van der Waals surface area contributed by atoms with E-state index in [0.717, 1.165) is 28.3 Å². The van der Waals surface area contributed by atoms with E-state index in [-0.39, 0.29) is 0 Å². The summed E-state index contributed by atoms with van der Waals surface area (Å²) < 4.78 is 5.16. The zero-order valence-corrected chi connectivity index (χ0v) is 13.7. The van der Waals surface area contributed by atoms with E-state index in [1.807, 2.05) is 38.1 Å². The standard InChI is InChI=1S/C18H22N4O/c1-5-10-20-17-12(2)13(3)22-18(16(17)19)21-11-14-6-8-15(23-4)9-7-14/h1,6-9H,10-11,19H2,2-4H3,(H2,20,21,22). The molecule has 0 saturated heterocycles. The van der Waals surface area contributed by atoms with Gasteiger partial charge in [0.1, 0.15) is 5.75 Å². The molecule has 1 aromatic carbocycles. The predicted molar refractivity (Wildman–Crippen MR) is 95.8 cm³/mol. The van der Waals surface area contributed by atoms with E-state index in [1.54, 1.807) is 7.11 Å². The fourth-order valence-electron chi connectivity index (χ4n) is 2.24. The van der Waals surface area contributed by atoms with Crippen molar-refractivity contribution in [2.24, 2.45) is 0 Å². The monoisotopic (exact) mass is 310 g/mol. The number of nitrogens with zero attached hydrogens (tertiary/aromatic N) is 1. The minimum absolute atomic E-state index is 0.423. The Labute approximate surface area is 137 Å². The van der Waals surface area contributed by atoms with Crippen LogP contribution < -0.4 is 21.1 Å². The van der Waals surface area contributed by atoms with Crippen molar-refractivity contribution in [2.75, 3.05) is 30.0 Å². The molecular formula is C18H22N4O. The van der Waals surface area contributed by atoms with Crippen molar-refractivity contribution < 1.29 is 4.74 Å². The summed E-state index contributed by atoms with van der Waals surface area (Å²) in [5.74, 6) is 4.05. The van der Waals surface area contributed by atoms with Gasteiger partial charge in [-0.15, -0.1) is 6.42 Å². The van der Waals surface area contributed by atoms with Crippen molar-refractivity contribution in [3.8, 4) is 18.1 Å². The van der Waals surface area contributed by atoms with Gasteiger partial charge in [-0.25, -0.2) is 4.98 Å². The highest BCUT2D eigenvalue weighted by atomic mass is 16.5. The Kier molecular flexibility index (Phi) is 5.32. The summed E-state index contributed by atoms with van der Waals surface area (Å²) in [4.78, 5) is 4.54. The Morgan fingerprint density at radius 3 is 2.52 bits per heavy atom. The molecule has 2 aromatic rings. The van der Waals surface area contributed by atoms with E-state index in [2.05, 4.69) is 21.5 Å². The first-order chi connectivity index (χ1) is 11.1. The lowest BCUT2D eigenvalue weighted by molar-refractivity contribution is 0.414. The number of ether oxygens (including phenoxy) is 1. The number of rotatable bonds is 6. The van der Waals surface area contributed by atoms with Gasteiger partial charge in [-0.1, -0.05) is 18.1 Å². The van der Waals surface area contributed by atoms with Crippen LogP contribution in [0.4, 0.5) is 17.2 Å². The average Bonchev–Trinajstić information content (AvgIpc) is 2.57. The van der Waals surface area contributed by atoms with Gasteiger partial charge < -0.3 is 21.1 Å². The van der Waals surface area contributed by atoms with Gasteiger partial charge in [-0.05, 0) is 37.1 Å². The zero-order valence-electron chi connectivity index (χ0n) is 13.7. The van der Waals surface area contributed by atoms with Gasteiger partial charge in [-0.3, -0.25) is 0 Å². The summed E-state index contributed by atoms with van der Waals surface area (Å²) in [6.07, 6.45) is 5.32. The molecule has 0 saturated carbocycles. The molecule has 0 bridgehead atoms. The number of nitrogens with two attached hydrogens (primary N) is 1. The van der Waals surface area contributed by atoms with Crippen molar-refractivity contribution in [3.63, 3.8) is 0 Å². The first-order valence-electron chi connectivity index (χ1n) is 7.37. The molecule has 0 atom stereocenters. The first-order valence-corrected chi connectivity index (χ1v) is 7.37. The Balaban J connectivity index is 2.18. The van der Waals surface area contributed by atoms with Crippen molar-refractivity contribution >= 4 is 17.2 Å². The lowest BCUT2D eigenvalue weighted by atomic mass is 10.1. The Morgan fingerprint density at radius 2 is 1.91 bits per heavy atom. The number of aromatic nitrogens is 1. The van der Waals surface area contributed by atoms with E-state index in [1.165, 1.54) is 0 Å². The summed E-state index contributed by atoms with van der Waals surface area (Å²) in [6.45, 7) is 4.98. The van der Waals surface area contributed by atoms with Gasteiger partial charge in [0.2, 0.25) is 0 Å². The Hall–Kier alpha value is -2.87. The van der Waals surface area contributed by atoms with Crippen molar-refractivity contribution in [2.45, 2.75) is 20.4 Å². The van der Waals surface area contributed by atoms with Crippen LogP contribution in [0.15, 0.2) is 24.3 Å². The SMILES string of the molecule is C#CCNc1c(C)c(C)nc(NCc2ccc(OC)cc2)c1N. The number of nitrogen functional groups attached to an aromatic ring is 1. The van der Waals surface area contributed by atoms with Crippen molar-refractivity contribution in [1.29, 1.82) is 0 Å². The largest absolute Gasteiger partial charge is 0.497 e. The van der Waals surface area contributed by atoms with Gasteiger partial charge in [-0.2, -0.15) is 0 Å². The van der Waals surface area contributed by atoms with Gasteiger partial charge in [0.25, 0.3) is 0 Å². The lowest BCUT2D eigenvalue weighted by Crippen LogP contribution is -2.11. The molecule has 0 aliphatic carbocycles. The van der Waals surface area contributed by atoms with Crippen LogP contribution >= 0.6 is 0 Å². The number of hydrogen-bond donors (Lipinski definition) is 3. The van der Waals surface area contributed by atoms with Crippen LogP contribution in [0.1, 0.15) is 16.8 Å². The number of methoxy groups -OCH3 is 1. The van der Waals surface area contributed by atoms with Gasteiger partial charge >= 0.3 is 0 Å².